The molecule has 0 aromatic carbocycles. The molecule has 2 aromatic heterocycles. The number of aryl methyl sites for hydroxylation is 1. The summed E-state index contributed by atoms with van der Waals surface area (Å²) in [6, 6.07) is 3.32. The summed E-state index contributed by atoms with van der Waals surface area (Å²) in [5.41, 5.74) is 2.56. The molecule has 0 aliphatic rings. The molecule has 0 saturated carbocycles. The van der Waals surface area contributed by atoms with Crippen LogP contribution in [0.1, 0.15) is 5.69 Å². The number of rotatable bonds is 0. The van der Waals surface area contributed by atoms with Crippen molar-refractivity contribution in [2.45, 2.75) is 6.92 Å². The molecule has 0 atom stereocenters. The lowest BCUT2D eigenvalue weighted by molar-refractivity contribution is 0.624. The summed E-state index contributed by atoms with van der Waals surface area (Å²) in [7, 11) is 0. The van der Waals surface area contributed by atoms with E-state index in [1.54, 1.807) is 0 Å². The monoisotopic (exact) mass is 150 g/mol. The Morgan fingerprint density at radius 1 is 1.45 bits per heavy atom. The smallest absolute Gasteiger partial charge is 0.143 e. The molecule has 0 bridgehead atoms. The molecule has 0 unspecified atom stereocenters. The molecule has 0 spiro atoms. The van der Waals surface area contributed by atoms with Gasteiger partial charge in [0, 0.05) is 11.8 Å². The van der Waals surface area contributed by atoms with Gasteiger partial charge in [0.25, 0.3) is 0 Å². The number of hydrogen-bond donors (Lipinski definition) is 1. The van der Waals surface area contributed by atoms with E-state index in [2.05, 4.69) is 9.97 Å². The number of fused-ring (bicyclic) bond motifs is 1. The van der Waals surface area contributed by atoms with Crippen molar-refractivity contribution in [1.82, 2.24) is 9.97 Å². The number of H-pyrrole nitrogens is 1. The van der Waals surface area contributed by atoms with Crippen molar-refractivity contribution in [2.24, 2.45) is 0 Å². The molecule has 2 rings (SSSR count). The Kier molecular flexibility index (Phi) is 1.18. The van der Waals surface area contributed by atoms with Crippen LogP contribution in [0.5, 0.6) is 0 Å². The highest BCUT2D eigenvalue weighted by Crippen LogP contribution is 2.12. The molecule has 1 N–H and O–H groups in total. The van der Waals surface area contributed by atoms with Gasteiger partial charge in [-0.3, -0.25) is 4.98 Å². The van der Waals surface area contributed by atoms with E-state index in [-0.39, 0.29) is 5.82 Å². The Morgan fingerprint density at radius 3 is 3.09 bits per heavy atom. The minimum atomic E-state index is -0.306. The second kappa shape index (κ2) is 2.05. The number of pyridine rings is 1. The van der Waals surface area contributed by atoms with Crippen LogP contribution < -0.4 is 0 Å². The fourth-order valence-corrected chi connectivity index (χ4v) is 1.12. The molecule has 11 heavy (non-hydrogen) atoms. The van der Waals surface area contributed by atoms with E-state index in [0.29, 0.717) is 0 Å². The highest BCUT2D eigenvalue weighted by atomic mass is 19.1. The molecule has 0 amide bonds. The predicted octanol–water partition coefficient (Wildman–Crippen LogP) is 2.01. The quantitative estimate of drug-likeness (QED) is 0.611. The zero-order chi connectivity index (χ0) is 7.84. The van der Waals surface area contributed by atoms with Crippen LogP contribution in [0.15, 0.2) is 18.3 Å². The van der Waals surface area contributed by atoms with Gasteiger partial charge in [-0.2, -0.15) is 0 Å². The van der Waals surface area contributed by atoms with Gasteiger partial charge in [-0.15, -0.1) is 0 Å². The zero-order valence-corrected chi connectivity index (χ0v) is 6.06. The number of halogens is 1. The van der Waals surface area contributed by atoms with Crippen LogP contribution in [-0.2, 0) is 0 Å². The Labute approximate surface area is 63.1 Å². The molecule has 2 heterocycles. The lowest BCUT2D eigenvalue weighted by Gasteiger charge is -1.87. The van der Waals surface area contributed by atoms with E-state index in [0.717, 1.165) is 16.7 Å². The first-order valence-corrected chi connectivity index (χ1v) is 3.36. The van der Waals surface area contributed by atoms with E-state index in [1.807, 2.05) is 13.0 Å². The number of aromatic amines is 1. The summed E-state index contributed by atoms with van der Waals surface area (Å²) in [5, 5.41) is 0. The number of nitrogens with one attached hydrogen (secondary N) is 1. The maximum Gasteiger partial charge on any atom is 0.143 e. The van der Waals surface area contributed by atoms with Crippen molar-refractivity contribution < 1.29 is 4.39 Å². The molecule has 2 nitrogen and oxygen atoms in total. The SMILES string of the molecule is Cc1cc2ncc(F)cc2[nH]1. The summed E-state index contributed by atoms with van der Waals surface area (Å²) < 4.78 is 12.6. The average Bonchev–Trinajstić information content (AvgIpc) is 2.27. The van der Waals surface area contributed by atoms with Gasteiger partial charge in [-0.25, -0.2) is 4.39 Å². The van der Waals surface area contributed by atoms with Gasteiger partial charge in [-0.1, -0.05) is 0 Å². The van der Waals surface area contributed by atoms with E-state index in [1.165, 1.54) is 12.3 Å². The second-order valence-corrected chi connectivity index (χ2v) is 2.54. The van der Waals surface area contributed by atoms with Crippen LogP contribution in [0.3, 0.4) is 0 Å². The van der Waals surface area contributed by atoms with Crippen molar-refractivity contribution >= 4 is 11.0 Å². The number of aromatic nitrogens is 2. The largest absolute Gasteiger partial charge is 0.357 e. The van der Waals surface area contributed by atoms with Crippen molar-refractivity contribution in [3.63, 3.8) is 0 Å². The highest BCUT2D eigenvalue weighted by Gasteiger charge is 1.98. The lowest BCUT2D eigenvalue weighted by atomic mass is 10.4. The first-order chi connectivity index (χ1) is 5.25. The van der Waals surface area contributed by atoms with Gasteiger partial charge >= 0.3 is 0 Å². The summed E-state index contributed by atoms with van der Waals surface area (Å²) >= 11 is 0. The predicted molar refractivity (Wildman–Crippen MR) is 40.8 cm³/mol. The molecule has 56 valence electrons. The third-order valence-electron chi connectivity index (χ3n) is 1.57. The lowest BCUT2D eigenvalue weighted by Crippen LogP contribution is -1.77. The van der Waals surface area contributed by atoms with Gasteiger partial charge in [0.2, 0.25) is 0 Å². The van der Waals surface area contributed by atoms with Crippen LogP contribution in [0.25, 0.3) is 11.0 Å². The fraction of sp³-hybridized carbons (Fsp3) is 0.125. The van der Waals surface area contributed by atoms with E-state index < -0.39 is 0 Å². The summed E-state index contributed by atoms with van der Waals surface area (Å²) in [6.45, 7) is 1.92. The highest BCUT2D eigenvalue weighted by molar-refractivity contribution is 5.75. The fourth-order valence-electron chi connectivity index (χ4n) is 1.12. The Balaban J connectivity index is 2.82. The van der Waals surface area contributed by atoms with Gasteiger partial charge in [0.05, 0.1) is 17.2 Å². The third-order valence-corrected chi connectivity index (χ3v) is 1.57. The molecule has 0 saturated heterocycles. The second-order valence-electron chi connectivity index (χ2n) is 2.54. The Bertz CT molecular complexity index is 392. The molecular formula is C8H7FN2. The van der Waals surface area contributed by atoms with Gasteiger partial charge in [-0.05, 0) is 13.0 Å². The number of hydrogen-bond acceptors (Lipinski definition) is 1. The van der Waals surface area contributed by atoms with Crippen molar-refractivity contribution in [3.8, 4) is 0 Å². The first-order valence-electron chi connectivity index (χ1n) is 3.36. The standard InChI is InChI=1S/C8H7FN2/c1-5-2-7-8(11-5)3-6(9)4-10-7/h2-4,11H,1H3. The van der Waals surface area contributed by atoms with Crippen molar-refractivity contribution in [2.75, 3.05) is 0 Å². The topological polar surface area (TPSA) is 28.7 Å². The molecule has 3 heteroatoms. The van der Waals surface area contributed by atoms with Crippen molar-refractivity contribution in [1.29, 1.82) is 0 Å². The molecule has 0 fully saturated rings. The average molecular weight is 150 g/mol. The van der Waals surface area contributed by atoms with Crippen LogP contribution >= 0.6 is 0 Å². The molecule has 0 aliphatic carbocycles. The van der Waals surface area contributed by atoms with Crippen LogP contribution in [-0.4, -0.2) is 9.97 Å². The van der Waals surface area contributed by atoms with Crippen LogP contribution in [0.2, 0.25) is 0 Å². The van der Waals surface area contributed by atoms with E-state index >= 15 is 0 Å². The molecular weight excluding hydrogens is 143 g/mol. The minimum absolute atomic E-state index is 0.306. The minimum Gasteiger partial charge on any atom is -0.357 e. The Hall–Kier alpha value is -1.38. The first kappa shape index (κ1) is 6.34. The third kappa shape index (κ3) is 0.981. The summed E-state index contributed by atoms with van der Waals surface area (Å²) in [4.78, 5) is 6.89. The van der Waals surface area contributed by atoms with Crippen LogP contribution in [0.4, 0.5) is 4.39 Å². The normalized spacial score (nSPS) is 10.7. The summed E-state index contributed by atoms with van der Waals surface area (Å²) in [6.07, 6.45) is 1.22. The van der Waals surface area contributed by atoms with Gasteiger partial charge in [0.1, 0.15) is 5.82 Å². The van der Waals surface area contributed by atoms with Gasteiger partial charge in [0.15, 0.2) is 0 Å². The number of nitrogens with zero attached hydrogens (tertiary/aromatic N) is 1. The van der Waals surface area contributed by atoms with E-state index in [4.69, 9.17) is 0 Å². The maximum absolute atomic E-state index is 12.6. The maximum atomic E-state index is 12.6. The molecule has 2 aromatic rings. The van der Waals surface area contributed by atoms with E-state index in [9.17, 15) is 4.39 Å². The van der Waals surface area contributed by atoms with Crippen molar-refractivity contribution in [3.05, 3.63) is 29.8 Å². The Morgan fingerprint density at radius 2 is 2.27 bits per heavy atom. The molecule has 0 radical (unpaired) electrons. The van der Waals surface area contributed by atoms with Gasteiger partial charge < -0.3 is 4.98 Å². The zero-order valence-electron chi connectivity index (χ0n) is 6.06. The van der Waals surface area contributed by atoms with Crippen LogP contribution in [0, 0.1) is 12.7 Å². The summed E-state index contributed by atoms with van der Waals surface area (Å²) in [5.74, 6) is -0.306. The molecule has 0 aliphatic heterocycles.